The van der Waals surface area contributed by atoms with Crippen molar-refractivity contribution >= 4 is 21.9 Å². The largest absolute Gasteiger partial charge is 0.353 e. The predicted octanol–water partition coefficient (Wildman–Crippen LogP) is 4.83. The molecule has 6 heteroatoms. The number of nitrogens with one attached hydrogen (secondary N) is 2. The Hall–Kier alpha value is -4.50. The molecule has 0 spiro atoms. The van der Waals surface area contributed by atoms with Crippen molar-refractivity contribution in [1.82, 2.24) is 30.1 Å². The third-order valence-corrected chi connectivity index (χ3v) is 5.18. The standard InChI is InChI=1S/C24H14N6/c1-2-10-26-20(7-1)17-6-3-8-21-18(17)12-22(28-21)23-19-11-16(14-27-24(19)30-29-23)15-5-4-9-25-13-15/h1-3,5-8,10-14,28H,(H,27,29,30). The zero-order valence-electron chi connectivity index (χ0n) is 15.7. The predicted molar refractivity (Wildman–Crippen MR) is 115 cm³/mol. The fourth-order valence-electron chi connectivity index (χ4n) is 3.74. The van der Waals surface area contributed by atoms with Crippen LogP contribution < -0.4 is 0 Å². The minimum absolute atomic E-state index is 0.664. The van der Waals surface area contributed by atoms with Crippen molar-refractivity contribution in [2.75, 3.05) is 0 Å². The summed E-state index contributed by atoms with van der Waals surface area (Å²) in [6.07, 6.45) is 8.04. The van der Waals surface area contributed by atoms with E-state index in [0.29, 0.717) is 5.65 Å². The normalized spacial score (nSPS) is 11.1. The SMILES string of the molecule is c1cc(-c2cnc3n[nH]c(-c4cc5c(-c6ccccn6)cccc5[nH]4)c3c2)cnc#1. The second kappa shape index (κ2) is 6.54. The smallest absolute Gasteiger partial charge is 0.181 e. The van der Waals surface area contributed by atoms with E-state index in [4.69, 9.17) is 0 Å². The van der Waals surface area contributed by atoms with Crippen LogP contribution in [0.15, 0.2) is 73.2 Å². The van der Waals surface area contributed by atoms with Crippen LogP contribution in [0.3, 0.4) is 0 Å². The number of nitrogens with zero attached hydrogens (tertiary/aromatic N) is 4. The van der Waals surface area contributed by atoms with Gasteiger partial charge in [0.2, 0.25) is 0 Å². The molecule has 0 aliphatic rings. The van der Waals surface area contributed by atoms with Crippen LogP contribution in [0.5, 0.6) is 0 Å². The lowest BCUT2D eigenvalue weighted by molar-refractivity contribution is 1.10. The Morgan fingerprint density at radius 3 is 2.73 bits per heavy atom. The monoisotopic (exact) mass is 386 g/mol. The molecule has 0 amide bonds. The van der Waals surface area contributed by atoms with Crippen LogP contribution >= 0.6 is 0 Å². The van der Waals surface area contributed by atoms with Crippen LogP contribution in [0.4, 0.5) is 0 Å². The number of pyridine rings is 2. The summed E-state index contributed by atoms with van der Waals surface area (Å²) in [5.74, 6) is 0. The number of rotatable bonds is 3. The third-order valence-electron chi connectivity index (χ3n) is 5.18. The topological polar surface area (TPSA) is 83.1 Å². The summed E-state index contributed by atoms with van der Waals surface area (Å²) in [6, 6.07) is 21.1. The highest BCUT2D eigenvalue weighted by Gasteiger charge is 2.14. The molecule has 2 N–H and O–H groups in total. The van der Waals surface area contributed by atoms with Gasteiger partial charge in [-0.3, -0.25) is 10.1 Å². The van der Waals surface area contributed by atoms with Crippen molar-refractivity contribution < 1.29 is 0 Å². The van der Waals surface area contributed by atoms with E-state index < -0.39 is 0 Å². The van der Waals surface area contributed by atoms with Crippen LogP contribution in [-0.4, -0.2) is 30.1 Å². The maximum atomic E-state index is 4.51. The van der Waals surface area contributed by atoms with Crippen molar-refractivity contribution in [3.63, 3.8) is 0 Å². The summed E-state index contributed by atoms with van der Waals surface area (Å²) in [4.78, 5) is 16.6. The average Bonchev–Trinajstić information content (AvgIpc) is 3.43. The van der Waals surface area contributed by atoms with E-state index in [1.165, 1.54) is 0 Å². The first-order valence-corrected chi connectivity index (χ1v) is 9.48. The van der Waals surface area contributed by atoms with Gasteiger partial charge >= 0.3 is 0 Å². The Labute approximate surface area is 171 Å². The highest BCUT2D eigenvalue weighted by molar-refractivity contribution is 6.00. The zero-order chi connectivity index (χ0) is 19.9. The number of benzene rings is 1. The minimum atomic E-state index is 0.664. The van der Waals surface area contributed by atoms with Gasteiger partial charge in [-0.1, -0.05) is 18.2 Å². The van der Waals surface area contributed by atoms with E-state index in [1.807, 2.05) is 36.5 Å². The van der Waals surface area contributed by atoms with Crippen LogP contribution in [0.1, 0.15) is 0 Å². The highest BCUT2D eigenvalue weighted by Crippen LogP contribution is 2.34. The Balaban J connectivity index is 1.52. The molecule has 0 saturated heterocycles. The van der Waals surface area contributed by atoms with Gasteiger partial charge in [0.15, 0.2) is 5.65 Å². The Bertz CT molecular complexity index is 1480. The van der Waals surface area contributed by atoms with Gasteiger partial charge in [-0.25, -0.2) is 9.97 Å². The van der Waals surface area contributed by atoms with Gasteiger partial charge in [0.1, 0.15) is 0 Å². The van der Waals surface area contributed by atoms with Gasteiger partial charge in [0.25, 0.3) is 0 Å². The molecular formula is C24H14N6. The molecule has 0 aliphatic carbocycles. The lowest BCUT2D eigenvalue weighted by atomic mass is 10.1. The Morgan fingerprint density at radius 1 is 0.867 bits per heavy atom. The molecular weight excluding hydrogens is 372 g/mol. The van der Waals surface area contributed by atoms with Crippen molar-refractivity contribution in [2.24, 2.45) is 0 Å². The number of aromatic nitrogens is 6. The van der Waals surface area contributed by atoms with Gasteiger partial charge < -0.3 is 4.98 Å². The minimum Gasteiger partial charge on any atom is -0.353 e. The molecule has 5 aromatic heterocycles. The maximum Gasteiger partial charge on any atom is 0.181 e. The second-order valence-corrected chi connectivity index (χ2v) is 6.97. The van der Waals surface area contributed by atoms with E-state index in [2.05, 4.69) is 66.7 Å². The van der Waals surface area contributed by atoms with E-state index in [0.717, 1.165) is 50.1 Å². The molecule has 30 heavy (non-hydrogen) atoms. The first-order valence-electron chi connectivity index (χ1n) is 9.48. The summed E-state index contributed by atoms with van der Waals surface area (Å²) in [6.45, 7) is 0. The van der Waals surface area contributed by atoms with Crippen molar-refractivity contribution in [3.8, 4) is 33.8 Å². The van der Waals surface area contributed by atoms with E-state index in [-0.39, 0.29) is 0 Å². The molecule has 0 aliphatic heterocycles. The zero-order valence-corrected chi connectivity index (χ0v) is 15.7. The number of aromatic amines is 2. The van der Waals surface area contributed by atoms with Crippen molar-refractivity contribution in [3.05, 3.63) is 85.5 Å². The average molecular weight is 386 g/mol. The molecule has 0 atom stereocenters. The number of hydrogen-bond acceptors (Lipinski definition) is 4. The fraction of sp³-hybridized carbons (Fsp3) is 0. The van der Waals surface area contributed by atoms with Gasteiger partial charge in [0.05, 0.1) is 17.1 Å². The summed E-state index contributed by atoms with van der Waals surface area (Å²) in [5, 5.41) is 9.57. The lowest BCUT2D eigenvalue weighted by Gasteiger charge is -2.01. The maximum absolute atomic E-state index is 4.51. The summed E-state index contributed by atoms with van der Waals surface area (Å²) in [5.41, 5.74) is 7.45. The first-order chi connectivity index (χ1) is 14.9. The second-order valence-electron chi connectivity index (χ2n) is 6.97. The van der Waals surface area contributed by atoms with Crippen LogP contribution in [0.2, 0.25) is 0 Å². The molecule has 6 rings (SSSR count). The quantitative estimate of drug-likeness (QED) is 0.456. The number of hydrogen-bond donors (Lipinski definition) is 2. The van der Waals surface area contributed by atoms with Gasteiger partial charge in [-0.2, -0.15) is 5.10 Å². The van der Waals surface area contributed by atoms with E-state index in [9.17, 15) is 0 Å². The summed E-state index contributed by atoms with van der Waals surface area (Å²) < 4.78 is 0. The molecule has 0 fully saturated rings. The summed E-state index contributed by atoms with van der Waals surface area (Å²) in [7, 11) is 0. The molecule has 0 radical (unpaired) electrons. The molecule has 0 bridgehead atoms. The highest BCUT2D eigenvalue weighted by atomic mass is 15.2. The first kappa shape index (κ1) is 16.5. The summed E-state index contributed by atoms with van der Waals surface area (Å²) >= 11 is 0. The molecule has 1 aromatic carbocycles. The van der Waals surface area contributed by atoms with Gasteiger partial charge in [-0.15, -0.1) is 0 Å². The number of fused-ring (bicyclic) bond motifs is 2. The Morgan fingerprint density at radius 2 is 1.87 bits per heavy atom. The van der Waals surface area contributed by atoms with Crippen molar-refractivity contribution in [1.29, 1.82) is 0 Å². The van der Waals surface area contributed by atoms with Crippen molar-refractivity contribution in [2.45, 2.75) is 0 Å². The molecule has 6 aromatic rings. The van der Waals surface area contributed by atoms with E-state index in [1.54, 1.807) is 12.4 Å². The molecule has 0 unspecified atom stereocenters. The van der Waals surface area contributed by atoms with Gasteiger partial charge in [-0.05, 0) is 42.5 Å². The van der Waals surface area contributed by atoms with Gasteiger partial charge in [0, 0.05) is 57.8 Å². The molecule has 0 saturated carbocycles. The van der Waals surface area contributed by atoms with E-state index >= 15 is 0 Å². The van der Waals surface area contributed by atoms with Crippen LogP contribution in [-0.2, 0) is 0 Å². The van der Waals surface area contributed by atoms with Crippen LogP contribution in [0, 0.1) is 12.3 Å². The molecule has 6 nitrogen and oxygen atoms in total. The molecule has 5 heterocycles. The lowest BCUT2D eigenvalue weighted by Crippen LogP contribution is -1.83. The Kier molecular flexibility index (Phi) is 3.58. The fourth-order valence-corrected chi connectivity index (χ4v) is 3.74. The van der Waals surface area contributed by atoms with Crippen LogP contribution in [0.25, 0.3) is 55.7 Å². The third kappa shape index (κ3) is 2.61. The number of H-pyrrole nitrogens is 2. The molecule has 140 valence electrons.